The van der Waals surface area contributed by atoms with Crippen LogP contribution in [0.5, 0.6) is 0 Å². The van der Waals surface area contributed by atoms with E-state index in [0.717, 1.165) is 19.3 Å². The molecule has 0 saturated heterocycles. The number of hydrogen-bond acceptors (Lipinski definition) is 2. The first-order valence-corrected chi connectivity index (χ1v) is 6.63. The molecule has 2 rings (SSSR count). The Morgan fingerprint density at radius 1 is 1.22 bits per heavy atom. The third-order valence-corrected chi connectivity index (χ3v) is 3.09. The van der Waals surface area contributed by atoms with E-state index in [9.17, 15) is 4.79 Å². The summed E-state index contributed by atoms with van der Waals surface area (Å²) in [6, 6.07) is 10.3. The third kappa shape index (κ3) is 3.73. The Morgan fingerprint density at radius 3 is 2.39 bits per heavy atom. The second-order valence-corrected chi connectivity index (χ2v) is 4.09. The largest absolute Gasteiger partial charge is 0.469 e. The van der Waals surface area contributed by atoms with Gasteiger partial charge in [-0.15, -0.1) is 0 Å². The Morgan fingerprint density at radius 2 is 1.89 bits per heavy atom. The van der Waals surface area contributed by atoms with E-state index >= 15 is 0 Å². The van der Waals surface area contributed by atoms with Crippen LogP contribution >= 0.6 is 0 Å². The zero-order chi connectivity index (χ0) is 13.4. The molecule has 0 N–H and O–H groups in total. The van der Waals surface area contributed by atoms with Gasteiger partial charge in [0.15, 0.2) is 0 Å². The lowest BCUT2D eigenvalue weighted by molar-refractivity contribution is -0.145. The lowest BCUT2D eigenvalue weighted by Gasteiger charge is -2.19. The van der Waals surface area contributed by atoms with Crippen molar-refractivity contribution in [2.45, 2.75) is 33.1 Å². The SMILES string of the molecule is CC.COC(=O)C1CC=C(c2ccccc2)CC1. The molecular weight excluding hydrogens is 224 g/mol. The average molecular weight is 246 g/mol. The van der Waals surface area contributed by atoms with Crippen molar-refractivity contribution in [3.8, 4) is 0 Å². The maximum absolute atomic E-state index is 11.4. The predicted molar refractivity (Wildman–Crippen MR) is 75.1 cm³/mol. The molecular formula is C16H22O2. The summed E-state index contributed by atoms with van der Waals surface area (Å²) in [5.74, 6) is -0.0270. The zero-order valence-electron chi connectivity index (χ0n) is 11.5. The van der Waals surface area contributed by atoms with E-state index in [1.807, 2.05) is 32.0 Å². The highest BCUT2D eigenvalue weighted by Crippen LogP contribution is 2.30. The van der Waals surface area contributed by atoms with Crippen molar-refractivity contribution in [2.75, 3.05) is 7.11 Å². The number of carbonyl (C=O) groups is 1. The average Bonchev–Trinajstić information content (AvgIpc) is 2.49. The smallest absolute Gasteiger partial charge is 0.308 e. The second kappa shape index (κ2) is 7.70. The monoisotopic (exact) mass is 246 g/mol. The van der Waals surface area contributed by atoms with Crippen LogP contribution in [0.4, 0.5) is 0 Å². The van der Waals surface area contributed by atoms with E-state index in [-0.39, 0.29) is 11.9 Å². The van der Waals surface area contributed by atoms with E-state index in [0.29, 0.717) is 0 Å². The Labute approximate surface area is 110 Å². The molecule has 0 saturated carbocycles. The molecule has 0 aromatic heterocycles. The van der Waals surface area contributed by atoms with Crippen LogP contribution in [0.2, 0.25) is 0 Å². The van der Waals surface area contributed by atoms with Crippen LogP contribution in [0.1, 0.15) is 38.7 Å². The zero-order valence-corrected chi connectivity index (χ0v) is 11.5. The molecule has 1 aromatic rings. The van der Waals surface area contributed by atoms with Crippen LogP contribution in [0, 0.1) is 5.92 Å². The van der Waals surface area contributed by atoms with Crippen molar-refractivity contribution in [3.05, 3.63) is 42.0 Å². The highest BCUT2D eigenvalue weighted by atomic mass is 16.5. The van der Waals surface area contributed by atoms with Gasteiger partial charge in [0, 0.05) is 0 Å². The van der Waals surface area contributed by atoms with Gasteiger partial charge in [-0.3, -0.25) is 4.79 Å². The Kier molecular flexibility index (Phi) is 6.20. The van der Waals surface area contributed by atoms with Crippen LogP contribution in [0.15, 0.2) is 36.4 Å². The minimum Gasteiger partial charge on any atom is -0.469 e. The first kappa shape index (κ1) is 14.5. The van der Waals surface area contributed by atoms with Crippen LogP contribution in [0.3, 0.4) is 0 Å². The van der Waals surface area contributed by atoms with Crippen molar-refractivity contribution in [3.63, 3.8) is 0 Å². The quantitative estimate of drug-likeness (QED) is 0.735. The summed E-state index contributed by atoms with van der Waals surface area (Å²) in [6.07, 6.45) is 4.83. The molecule has 0 aliphatic heterocycles. The fourth-order valence-electron chi connectivity index (χ4n) is 2.13. The van der Waals surface area contributed by atoms with Crippen molar-refractivity contribution >= 4 is 11.5 Å². The summed E-state index contributed by atoms with van der Waals surface area (Å²) in [5, 5.41) is 0. The number of rotatable bonds is 2. The summed E-state index contributed by atoms with van der Waals surface area (Å²) in [6.45, 7) is 4.00. The summed E-state index contributed by atoms with van der Waals surface area (Å²) in [7, 11) is 1.46. The summed E-state index contributed by atoms with van der Waals surface area (Å²) < 4.78 is 4.76. The number of benzene rings is 1. The molecule has 1 aliphatic carbocycles. The first-order valence-electron chi connectivity index (χ1n) is 6.63. The van der Waals surface area contributed by atoms with E-state index in [1.54, 1.807) is 0 Å². The van der Waals surface area contributed by atoms with E-state index in [2.05, 4.69) is 18.2 Å². The van der Waals surface area contributed by atoms with Gasteiger partial charge in [-0.1, -0.05) is 50.3 Å². The Bertz CT molecular complexity index is 393. The summed E-state index contributed by atoms with van der Waals surface area (Å²) in [5.41, 5.74) is 2.62. The number of esters is 1. The van der Waals surface area contributed by atoms with Crippen molar-refractivity contribution in [1.82, 2.24) is 0 Å². The molecule has 1 atom stereocenters. The molecule has 0 fully saturated rings. The fourth-order valence-corrected chi connectivity index (χ4v) is 2.13. The molecule has 0 heterocycles. The van der Waals surface area contributed by atoms with Gasteiger partial charge in [0.2, 0.25) is 0 Å². The number of carbonyl (C=O) groups excluding carboxylic acids is 1. The van der Waals surface area contributed by atoms with Gasteiger partial charge in [0.1, 0.15) is 0 Å². The van der Waals surface area contributed by atoms with Gasteiger partial charge in [0.25, 0.3) is 0 Å². The van der Waals surface area contributed by atoms with E-state index in [1.165, 1.54) is 18.2 Å². The molecule has 18 heavy (non-hydrogen) atoms. The molecule has 2 heteroatoms. The highest BCUT2D eigenvalue weighted by molar-refractivity contribution is 5.75. The predicted octanol–water partition coefficient (Wildman–Crippen LogP) is 4.07. The molecule has 2 nitrogen and oxygen atoms in total. The summed E-state index contributed by atoms with van der Waals surface area (Å²) in [4.78, 5) is 11.4. The molecule has 0 radical (unpaired) electrons. The van der Waals surface area contributed by atoms with Crippen LogP contribution in [0.25, 0.3) is 5.57 Å². The molecule has 1 aromatic carbocycles. The normalized spacial score (nSPS) is 18.2. The first-order chi connectivity index (χ1) is 8.81. The van der Waals surface area contributed by atoms with E-state index in [4.69, 9.17) is 4.74 Å². The van der Waals surface area contributed by atoms with Gasteiger partial charge in [-0.25, -0.2) is 0 Å². The topological polar surface area (TPSA) is 26.3 Å². The minimum atomic E-state index is -0.0802. The van der Waals surface area contributed by atoms with Crippen LogP contribution < -0.4 is 0 Å². The maximum Gasteiger partial charge on any atom is 0.308 e. The Balaban J connectivity index is 0.000000771. The second-order valence-electron chi connectivity index (χ2n) is 4.09. The lowest BCUT2D eigenvalue weighted by Crippen LogP contribution is -2.18. The van der Waals surface area contributed by atoms with Gasteiger partial charge >= 0.3 is 5.97 Å². The summed E-state index contributed by atoms with van der Waals surface area (Å²) >= 11 is 0. The molecule has 0 amide bonds. The molecule has 1 aliphatic rings. The molecule has 98 valence electrons. The highest BCUT2D eigenvalue weighted by Gasteiger charge is 2.22. The van der Waals surface area contributed by atoms with Crippen LogP contribution in [-0.2, 0) is 9.53 Å². The van der Waals surface area contributed by atoms with Gasteiger partial charge in [0.05, 0.1) is 13.0 Å². The fraction of sp³-hybridized carbons (Fsp3) is 0.438. The number of allylic oxidation sites excluding steroid dienone is 2. The van der Waals surface area contributed by atoms with Gasteiger partial charge in [-0.2, -0.15) is 0 Å². The van der Waals surface area contributed by atoms with Crippen LogP contribution in [-0.4, -0.2) is 13.1 Å². The number of ether oxygens (including phenoxy) is 1. The van der Waals surface area contributed by atoms with Gasteiger partial charge in [-0.05, 0) is 30.4 Å². The lowest BCUT2D eigenvalue weighted by atomic mass is 9.87. The van der Waals surface area contributed by atoms with Crippen molar-refractivity contribution in [1.29, 1.82) is 0 Å². The minimum absolute atomic E-state index is 0.0532. The van der Waals surface area contributed by atoms with Crippen molar-refractivity contribution < 1.29 is 9.53 Å². The van der Waals surface area contributed by atoms with E-state index < -0.39 is 0 Å². The standard InChI is InChI=1S/C14H16O2.C2H6/c1-16-14(15)13-9-7-12(8-10-13)11-5-3-2-4-6-11;1-2/h2-7,13H,8-10H2,1H3;1-2H3. The third-order valence-electron chi connectivity index (χ3n) is 3.09. The number of methoxy groups -OCH3 is 1. The van der Waals surface area contributed by atoms with Crippen molar-refractivity contribution in [2.24, 2.45) is 5.92 Å². The van der Waals surface area contributed by atoms with Gasteiger partial charge < -0.3 is 4.74 Å². The number of hydrogen-bond donors (Lipinski definition) is 0. The maximum atomic E-state index is 11.4. The molecule has 0 spiro atoms. The Hall–Kier alpha value is -1.57. The molecule has 1 unspecified atom stereocenters. The molecule has 0 bridgehead atoms.